The Balaban J connectivity index is 1.57. The Morgan fingerprint density at radius 2 is 1.57 bits per heavy atom. The van der Waals surface area contributed by atoms with E-state index in [0.717, 1.165) is 53.2 Å². The molecule has 3 rings (SSSR count). The number of methoxy groups -OCH3 is 2. The van der Waals surface area contributed by atoms with Crippen LogP contribution in [0.2, 0.25) is 0 Å². The molecular formula is C30H36N2O3. The summed E-state index contributed by atoms with van der Waals surface area (Å²) in [6, 6.07) is 20.2. The van der Waals surface area contributed by atoms with E-state index < -0.39 is 0 Å². The van der Waals surface area contributed by atoms with Crippen LogP contribution < -0.4 is 14.8 Å². The van der Waals surface area contributed by atoms with Gasteiger partial charge in [-0.15, -0.1) is 0 Å². The van der Waals surface area contributed by atoms with E-state index in [-0.39, 0.29) is 11.9 Å². The van der Waals surface area contributed by atoms with Crippen molar-refractivity contribution in [3.63, 3.8) is 0 Å². The Morgan fingerprint density at radius 1 is 0.971 bits per heavy atom. The lowest BCUT2D eigenvalue weighted by molar-refractivity contribution is -0.121. The lowest BCUT2D eigenvalue weighted by Crippen LogP contribution is -2.32. The van der Waals surface area contributed by atoms with E-state index in [1.807, 2.05) is 67.7 Å². The lowest BCUT2D eigenvalue weighted by atomic mass is 9.96. The van der Waals surface area contributed by atoms with Gasteiger partial charge in [0, 0.05) is 24.4 Å². The van der Waals surface area contributed by atoms with Crippen LogP contribution in [0.25, 0.3) is 5.57 Å². The number of nitrogens with one attached hydrogen (secondary N) is 1. The third kappa shape index (κ3) is 7.99. The normalized spacial score (nSPS) is 11.4. The van der Waals surface area contributed by atoms with Crippen molar-refractivity contribution in [1.82, 2.24) is 10.3 Å². The summed E-state index contributed by atoms with van der Waals surface area (Å²) in [5.74, 6) is 1.71. The van der Waals surface area contributed by atoms with E-state index in [2.05, 4.69) is 29.4 Å². The van der Waals surface area contributed by atoms with Crippen LogP contribution >= 0.6 is 0 Å². The summed E-state index contributed by atoms with van der Waals surface area (Å²) >= 11 is 0. The average Bonchev–Trinajstić information content (AvgIpc) is 2.88. The monoisotopic (exact) mass is 472 g/mol. The van der Waals surface area contributed by atoms with E-state index in [0.29, 0.717) is 12.8 Å². The first-order valence-electron chi connectivity index (χ1n) is 12.2. The summed E-state index contributed by atoms with van der Waals surface area (Å²) < 4.78 is 10.6. The lowest BCUT2D eigenvalue weighted by Gasteiger charge is -2.14. The number of pyridine rings is 1. The van der Waals surface area contributed by atoms with Gasteiger partial charge in [0.1, 0.15) is 11.5 Å². The van der Waals surface area contributed by atoms with Gasteiger partial charge in [-0.2, -0.15) is 0 Å². The molecular weight excluding hydrogens is 436 g/mol. The molecule has 5 heteroatoms. The average molecular weight is 473 g/mol. The van der Waals surface area contributed by atoms with Crippen molar-refractivity contribution in [2.45, 2.75) is 52.0 Å². The number of hydrogen-bond donors (Lipinski definition) is 1. The molecule has 184 valence electrons. The Labute approximate surface area is 209 Å². The molecule has 1 amide bonds. The number of benzene rings is 2. The molecule has 0 radical (unpaired) electrons. The van der Waals surface area contributed by atoms with Crippen molar-refractivity contribution in [2.24, 2.45) is 0 Å². The minimum absolute atomic E-state index is 0.0788. The Bertz CT molecular complexity index is 1060. The van der Waals surface area contributed by atoms with E-state index in [4.69, 9.17) is 9.47 Å². The maximum Gasteiger partial charge on any atom is 0.220 e. The zero-order valence-electron chi connectivity index (χ0n) is 21.2. The van der Waals surface area contributed by atoms with E-state index in [1.165, 1.54) is 5.56 Å². The van der Waals surface area contributed by atoms with Gasteiger partial charge in [-0.3, -0.25) is 9.78 Å². The van der Waals surface area contributed by atoms with Crippen LogP contribution in [0.1, 0.15) is 55.0 Å². The van der Waals surface area contributed by atoms with Gasteiger partial charge in [0.15, 0.2) is 0 Å². The summed E-state index contributed by atoms with van der Waals surface area (Å²) in [6.07, 6.45) is 8.01. The molecule has 0 aliphatic rings. The van der Waals surface area contributed by atoms with Crippen LogP contribution in [-0.4, -0.2) is 31.2 Å². The van der Waals surface area contributed by atoms with Crippen LogP contribution in [0.4, 0.5) is 0 Å². The summed E-state index contributed by atoms with van der Waals surface area (Å²) in [5.41, 5.74) is 5.61. The van der Waals surface area contributed by atoms with E-state index in [9.17, 15) is 4.79 Å². The molecule has 1 aromatic heterocycles. The first-order valence-corrected chi connectivity index (χ1v) is 12.2. The summed E-state index contributed by atoms with van der Waals surface area (Å²) in [4.78, 5) is 16.9. The van der Waals surface area contributed by atoms with Crippen molar-refractivity contribution < 1.29 is 14.3 Å². The predicted molar refractivity (Wildman–Crippen MR) is 142 cm³/mol. The standard InChI is InChI=1S/C30H36N2O3/c1-22(8-5-9-24-10-7-21-31-23(24)2)32-30(33)12-6-11-29(25-13-17-27(34-3)18-14-25)26-15-19-28(35-4)20-16-26/h7,10-11,13-22H,5-6,8-9,12H2,1-4H3,(H,32,33). The predicted octanol–water partition coefficient (Wildman–Crippen LogP) is 6.15. The zero-order chi connectivity index (χ0) is 25.0. The topological polar surface area (TPSA) is 60.5 Å². The minimum atomic E-state index is 0.0788. The summed E-state index contributed by atoms with van der Waals surface area (Å²) in [7, 11) is 3.32. The SMILES string of the molecule is COc1ccc(C(=CCCC(=O)NC(C)CCCc2cccnc2C)c2ccc(OC)cc2)cc1. The van der Waals surface area contributed by atoms with E-state index >= 15 is 0 Å². The zero-order valence-corrected chi connectivity index (χ0v) is 21.2. The molecule has 35 heavy (non-hydrogen) atoms. The van der Waals surface area contributed by atoms with E-state index in [1.54, 1.807) is 14.2 Å². The smallest absolute Gasteiger partial charge is 0.220 e. The van der Waals surface area contributed by atoms with Crippen molar-refractivity contribution >= 4 is 11.5 Å². The van der Waals surface area contributed by atoms with Gasteiger partial charge in [0.05, 0.1) is 14.2 Å². The van der Waals surface area contributed by atoms with Gasteiger partial charge in [-0.1, -0.05) is 36.4 Å². The number of carbonyl (C=O) groups is 1. The van der Waals surface area contributed by atoms with Crippen molar-refractivity contribution in [3.8, 4) is 11.5 Å². The second kappa shape index (κ2) is 13.3. The van der Waals surface area contributed by atoms with Crippen LogP contribution in [0.15, 0.2) is 72.9 Å². The fraction of sp³-hybridized carbons (Fsp3) is 0.333. The molecule has 0 bridgehead atoms. The number of aryl methyl sites for hydroxylation is 2. The van der Waals surface area contributed by atoms with Crippen LogP contribution in [-0.2, 0) is 11.2 Å². The molecule has 2 aromatic carbocycles. The molecule has 5 nitrogen and oxygen atoms in total. The number of hydrogen-bond acceptors (Lipinski definition) is 4. The van der Waals surface area contributed by atoms with Gasteiger partial charge in [-0.05, 0) is 92.1 Å². The third-order valence-corrected chi connectivity index (χ3v) is 6.13. The van der Waals surface area contributed by atoms with Gasteiger partial charge in [0.25, 0.3) is 0 Å². The van der Waals surface area contributed by atoms with Gasteiger partial charge in [0.2, 0.25) is 5.91 Å². The van der Waals surface area contributed by atoms with Gasteiger partial charge >= 0.3 is 0 Å². The van der Waals surface area contributed by atoms with Crippen molar-refractivity contribution in [3.05, 3.63) is 95.3 Å². The number of allylic oxidation sites excluding steroid dienone is 1. The molecule has 3 aromatic rings. The highest BCUT2D eigenvalue weighted by atomic mass is 16.5. The first kappa shape index (κ1) is 26.0. The molecule has 1 N–H and O–H groups in total. The highest BCUT2D eigenvalue weighted by molar-refractivity contribution is 5.81. The molecule has 1 unspecified atom stereocenters. The number of aromatic nitrogens is 1. The molecule has 0 fully saturated rings. The Morgan fingerprint density at radius 3 is 2.11 bits per heavy atom. The summed E-state index contributed by atoms with van der Waals surface area (Å²) in [5, 5.41) is 3.15. The number of nitrogens with zero attached hydrogens (tertiary/aromatic N) is 1. The maximum absolute atomic E-state index is 12.6. The third-order valence-electron chi connectivity index (χ3n) is 6.13. The molecule has 0 saturated heterocycles. The highest BCUT2D eigenvalue weighted by Crippen LogP contribution is 2.27. The van der Waals surface area contributed by atoms with Crippen molar-refractivity contribution in [1.29, 1.82) is 0 Å². The number of carbonyl (C=O) groups excluding carboxylic acids is 1. The highest BCUT2D eigenvalue weighted by Gasteiger charge is 2.10. The van der Waals surface area contributed by atoms with Crippen LogP contribution in [0, 0.1) is 6.92 Å². The molecule has 1 heterocycles. The quantitative estimate of drug-likeness (QED) is 0.344. The van der Waals surface area contributed by atoms with Gasteiger partial charge in [-0.25, -0.2) is 0 Å². The molecule has 0 aliphatic heterocycles. The van der Waals surface area contributed by atoms with Gasteiger partial charge < -0.3 is 14.8 Å². The first-order chi connectivity index (χ1) is 17.0. The fourth-order valence-electron chi connectivity index (χ4n) is 4.09. The number of rotatable bonds is 12. The van der Waals surface area contributed by atoms with Crippen LogP contribution in [0.3, 0.4) is 0 Å². The maximum atomic E-state index is 12.6. The molecule has 0 saturated carbocycles. The second-order valence-corrected chi connectivity index (χ2v) is 8.72. The van der Waals surface area contributed by atoms with Crippen LogP contribution in [0.5, 0.6) is 11.5 Å². The minimum Gasteiger partial charge on any atom is -0.497 e. The van der Waals surface area contributed by atoms with Crippen molar-refractivity contribution in [2.75, 3.05) is 14.2 Å². The molecule has 0 aliphatic carbocycles. The number of amides is 1. The Kier molecular flexibility index (Phi) is 9.91. The molecule has 0 spiro atoms. The Hall–Kier alpha value is -3.60. The molecule has 1 atom stereocenters. The summed E-state index contributed by atoms with van der Waals surface area (Å²) in [6.45, 7) is 4.12. The number of ether oxygens (including phenoxy) is 2. The second-order valence-electron chi connectivity index (χ2n) is 8.72. The fourth-order valence-corrected chi connectivity index (χ4v) is 4.09. The largest absolute Gasteiger partial charge is 0.497 e.